The number of benzene rings is 2. The number of hydrogen-bond donors (Lipinski definition) is 0. The third-order valence-electron chi connectivity index (χ3n) is 5.86. The van der Waals surface area contributed by atoms with Gasteiger partial charge in [-0.25, -0.2) is 4.98 Å². The van der Waals surface area contributed by atoms with Crippen molar-refractivity contribution in [1.82, 2.24) is 9.55 Å². The molecular weight excluding hydrogens is 480 g/mol. The lowest BCUT2D eigenvalue weighted by molar-refractivity contribution is -0.00747. The van der Waals surface area contributed by atoms with E-state index in [4.69, 9.17) is 35.0 Å². The maximum absolute atomic E-state index is 11.6. The van der Waals surface area contributed by atoms with Crippen molar-refractivity contribution in [2.75, 3.05) is 27.1 Å². The number of para-hydroxylation sites is 1. The summed E-state index contributed by atoms with van der Waals surface area (Å²) < 4.78 is 48.1. The largest absolute Gasteiger partial charge is 0.493 e. The van der Waals surface area contributed by atoms with Gasteiger partial charge in [0.2, 0.25) is 0 Å². The molecular formula is C24H27ClN2O6S. The zero-order valence-corrected chi connectivity index (χ0v) is 21.2. The first-order chi connectivity index (χ1) is 16.1. The number of imidazole rings is 1. The predicted molar refractivity (Wildman–Crippen MR) is 129 cm³/mol. The van der Waals surface area contributed by atoms with Crippen molar-refractivity contribution < 1.29 is 26.8 Å². The van der Waals surface area contributed by atoms with Gasteiger partial charge in [0.1, 0.15) is 18.0 Å². The minimum atomic E-state index is -3.60. The lowest BCUT2D eigenvalue weighted by atomic mass is 9.98. The van der Waals surface area contributed by atoms with Gasteiger partial charge in [-0.15, -0.1) is 0 Å². The molecule has 1 aliphatic rings. The van der Waals surface area contributed by atoms with Gasteiger partial charge < -0.3 is 14.2 Å². The van der Waals surface area contributed by atoms with E-state index in [-0.39, 0.29) is 13.0 Å². The van der Waals surface area contributed by atoms with E-state index in [2.05, 4.69) is 0 Å². The Morgan fingerprint density at radius 2 is 1.88 bits per heavy atom. The van der Waals surface area contributed by atoms with Crippen LogP contribution in [0.2, 0.25) is 5.02 Å². The molecule has 0 N–H and O–H groups in total. The SMILES string of the molecule is COc1cccc([C@H]2O[C@H](CCOS(C)(=O)=O)c3nc(C)c(C)n3-c3ccc(Cl)cc32)c1OC. The molecule has 0 saturated carbocycles. The average Bonchev–Trinajstić information content (AvgIpc) is 3.01. The van der Waals surface area contributed by atoms with Crippen molar-refractivity contribution in [3.63, 3.8) is 0 Å². The maximum Gasteiger partial charge on any atom is 0.264 e. The van der Waals surface area contributed by atoms with Gasteiger partial charge in [-0.1, -0.05) is 23.7 Å². The van der Waals surface area contributed by atoms with Crippen LogP contribution in [-0.4, -0.2) is 45.1 Å². The van der Waals surface area contributed by atoms with Crippen LogP contribution in [0.25, 0.3) is 5.69 Å². The number of halogens is 1. The topological polar surface area (TPSA) is 88.9 Å². The summed E-state index contributed by atoms with van der Waals surface area (Å²) in [5.74, 6) is 1.78. The molecule has 0 spiro atoms. The van der Waals surface area contributed by atoms with Crippen LogP contribution in [-0.2, 0) is 19.0 Å². The van der Waals surface area contributed by atoms with Crippen LogP contribution >= 0.6 is 11.6 Å². The second-order valence-electron chi connectivity index (χ2n) is 8.08. The summed E-state index contributed by atoms with van der Waals surface area (Å²) in [6.07, 6.45) is 0.135. The number of aryl methyl sites for hydroxylation is 1. The van der Waals surface area contributed by atoms with Crippen molar-refractivity contribution in [1.29, 1.82) is 0 Å². The normalized spacial score (nSPS) is 17.6. The first-order valence-corrected chi connectivity index (χ1v) is 12.9. The van der Waals surface area contributed by atoms with Gasteiger partial charge in [0.15, 0.2) is 11.5 Å². The maximum atomic E-state index is 11.6. The number of aromatic nitrogens is 2. The summed E-state index contributed by atoms with van der Waals surface area (Å²) in [7, 11) is -0.443. The molecule has 3 aromatic rings. The highest BCUT2D eigenvalue weighted by Gasteiger charge is 2.35. The van der Waals surface area contributed by atoms with Crippen molar-refractivity contribution in [2.45, 2.75) is 32.5 Å². The Morgan fingerprint density at radius 1 is 1.12 bits per heavy atom. The molecule has 2 heterocycles. The summed E-state index contributed by atoms with van der Waals surface area (Å²) in [6.45, 7) is 3.87. The van der Waals surface area contributed by atoms with Crippen molar-refractivity contribution in [2.24, 2.45) is 0 Å². The van der Waals surface area contributed by atoms with Gasteiger partial charge in [-0.3, -0.25) is 8.75 Å². The molecule has 1 aromatic heterocycles. The lowest BCUT2D eigenvalue weighted by Crippen LogP contribution is -2.15. The Labute approximate surface area is 204 Å². The minimum absolute atomic E-state index is 0.0481. The fourth-order valence-corrected chi connectivity index (χ4v) is 4.84. The van der Waals surface area contributed by atoms with Crippen LogP contribution in [0.4, 0.5) is 0 Å². The summed E-state index contributed by atoms with van der Waals surface area (Å²) in [6, 6.07) is 11.2. The number of rotatable bonds is 7. The molecule has 0 radical (unpaired) electrons. The zero-order valence-electron chi connectivity index (χ0n) is 19.7. The van der Waals surface area contributed by atoms with Crippen molar-refractivity contribution in [3.8, 4) is 17.2 Å². The molecule has 10 heteroatoms. The van der Waals surface area contributed by atoms with Gasteiger partial charge in [-0.2, -0.15) is 8.42 Å². The van der Waals surface area contributed by atoms with Gasteiger partial charge in [-0.05, 0) is 38.1 Å². The highest BCUT2D eigenvalue weighted by atomic mass is 35.5. The van der Waals surface area contributed by atoms with E-state index in [1.165, 1.54) is 0 Å². The molecule has 0 saturated heterocycles. The van der Waals surface area contributed by atoms with Crippen LogP contribution in [0.3, 0.4) is 0 Å². The second-order valence-corrected chi connectivity index (χ2v) is 10.2. The van der Waals surface area contributed by atoms with Crippen LogP contribution in [0.5, 0.6) is 11.5 Å². The number of hydrogen-bond acceptors (Lipinski definition) is 7. The summed E-state index contributed by atoms with van der Waals surface area (Å²) >= 11 is 6.43. The Bertz CT molecular complexity index is 1320. The van der Waals surface area contributed by atoms with Gasteiger partial charge in [0, 0.05) is 28.3 Å². The average molecular weight is 507 g/mol. The summed E-state index contributed by atoms with van der Waals surface area (Å²) in [4.78, 5) is 4.78. The van der Waals surface area contributed by atoms with Crippen LogP contribution in [0.15, 0.2) is 36.4 Å². The third-order valence-corrected chi connectivity index (χ3v) is 6.69. The molecule has 0 aliphatic carbocycles. The van der Waals surface area contributed by atoms with Crippen LogP contribution in [0.1, 0.15) is 47.0 Å². The smallest absolute Gasteiger partial charge is 0.264 e. The van der Waals surface area contributed by atoms with E-state index in [0.717, 1.165) is 34.5 Å². The monoisotopic (exact) mass is 506 g/mol. The second kappa shape index (κ2) is 9.58. The lowest BCUT2D eigenvalue weighted by Gasteiger charge is -2.25. The molecule has 0 fully saturated rings. The molecule has 8 nitrogen and oxygen atoms in total. The predicted octanol–water partition coefficient (Wildman–Crippen LogP) is 4.69. The number of fused-ring (bicyclic) bond motifs is 3. The van der Waals surface area contributed by atoms with Gasteiger partial charge >= 0.3 is 0 Å². The molecule has 1 aliphatic heterocycles. The van der Waals surface area contributed by atoms with Gasteiger partial charge in [0.25, 0.3) is 10.1 Å². The summed E-state index contributed by atoms with van der Waals surface area (Å²) in [5.41, 5.74) is 4.26. The fourth-order valence-electron chi connectivity index (χ4n) is 4.26. The Kier molecular flexibility index (Phi) is 6.91. The highest BCUT2D eigenvalue weighted by Crippen LogP contribution is 2.46. The Balaban J connectivity index is 1.92. The number of nitrogens with zero attached hydrogens (tertiary/aromatic N) is 2. The number of ether oxygens (including phenoxy) is 3. The molecule has 2 aromatic carbocycles. The molecule has 182 valence electrons. The first-order valence-electron chi connectivity index (χ1n) is 10.7. The third kappa shape index (κ3) is 4.65. The fraction of sp³-hybridized carbons (Fsp3) is 0.375. The van der Waals surface area contributed by atoms with Gasteiger partial charge in [0.05, 0.1) is 38.5 Å². The van der Waals surface area contributed by atoms with Crippen LogP contribution in [0, 0.1) is 13.8 Å². The van der Waals surface area contributed by atoms with Crippen LogP contribution < -0.4 is 9.47 Å². The Morgan fingerprint density at radius 3 is 2.56 bits per heavy atom. The van der Waals surface area contributed by atoms with E-state index in [9.17, 15) is 8.42 Å². The van der Waals surface area contributed by atoms with Crippen molar-refractivity contribution >= 4 is 21.7 Å². The van der Waals surface area contributed by atoms with Crippen molar-refractivity contribution in [3.05, 3.63) is 69.8 Å². The molecule has 2 atom stereocenters. The highest BCUT2D eigenvalue weighted by molar-refractivity contribution is 7.85. The molecule has 0 unspecified atom stereocenters. The van der Waals surface area contributed by atoms with E-state index in [0.29, 0.717) is 22.3 Å². The first kappa shape index (κ1) is 24.5. The minimum Gasteiger partial charge on any atom is -0.493 e. The van der Waals surface area contributed by atoms with E-state index in [1.54, 1.807) is 14.2 Å². The summed E-state index contributed by atoms with van der Waals surface area (Å²) in [5, 5.41) is 0.559. The van der Waals surface area contributed by atoms with E-state index in [1.807, 2.05) is 54.8 Å². The zero-order chi connectivity index (χ0) is 24.6. The van der Waals surface area contributed by atoms with E-state index >= 15 is 0 Å². The number of methoxy groups -OCH3 is 2. The quantitative estimate of drug-likeness (QED) is 0.429. The molecule has 0 amide bonds. The Hall–Kier alpha value is -2.59. The van der Waals surface area contributed by atoms with E-state index < -0.39 is 22.3 Å². The molecule has 0 bridgehead atoms. The standard InChI is InChI=1S/C24H27ClN2O6S/c1-14-15(2)27-19-10-9-16(25)13-18(19)22(17-7-6-8-20(30-3)23(17)31-4)33-21(24(27)26-14)11-12-32-34(5,28)29/h6-10,13,21-22H,11-12H2,1-5H3/t21-,22-/m1/s1. The molecule has 34 heavy (non-hydrogen) atoms. The molecule has 4 rings (SSSR count).